The predicted octanol–water partition coefficient (Wildman–Crippen LogP) is 4.56. The van der Waals surface area contributed by atoms with Gasteiger partial charge in [-0.1, -0.05) is 11.6 Å². The van der Waals surface area contributed by atoms with Gasteiger partial charge in [-0.3, -0.25) is 4.79 Å². The van der Waals surface area contributed by atoms with Gasteiger partial charge in [0.05, 0.1) is 12.5 Å². The molecule has 3 rings (SSSR count). The van der Waals surface area contributed by atoms with E-state index >= 15 is 0 Å². The molecular formula is C21H21NO3. The molecule has 2 aromatic carbocycles. The van der Waals surface area contributed by atoms with Crippen molar-refractivity contribution in [2.45, 2.75) is 20.3 Å². The third-order valence-electron chi connectivity index (χ3n) is 4.09. The van der Waals surface area contributed by atoms with Crippen LogP contribution in [0.4, 0.5) is 5.69 Å². The first-order valence-corrected chi connectivity index (χ1v) is 8.12. The third kappa shape index (κ3) is 3.43. The summed E-state index contributed by atoms with van der Waals surface area (Å²) in [7, 11) is 1.62. The SMILES string of the molecule is COc1ccc2c(=O)cc(-c3ccc(N)cc3)oc2c1CC=C(C)C. The summed E-state index contributed by atoms with van der Waals surface area (Å²) in [6.45, 7) is 4.07. The maximum Gasteiger partial charge on any atom is 0.193 e. The number of anilines is 1. The van der Waals surface area contributed by atoms with E-state index in [9.17, 15) is 4.79 Å². The average molecular weight is 335 g/mol. The minimum atomic E-state index is -0.0748. The topological polar surface area (TPSA) is 65.5 Å². The Balaban J connectivity index is 2.26. The van der Waals surface area contributed by atoms with Crippen molar-refractivity contribution in [3.8, 4) is 17.1 Å². The largest absolute Gasteiger partial charge is 0.496 e. The van der Waals surface area contributed by atoms with Crippen molar-refractivity contribution in [1.82, 2.24) is 0 Å². The van der Waals surface area contributed by atoms with Crippen LogP contribution in [-0.2, 0) is 6.42 Å². The summed E-state index contributed by atoms with van der Waals surface area (Å²) in [5.41, 5.74) is 9.77. The second-order valence-corrected chi connectivity index (χ2v) is 6.21. The van der Waals surface area contributed by atoms with Gasteiger partial charge in [0.1, 0.15) is 17.1 Å². The highest BCUT2D eigenvalue weighted by atomic mass is 16.5. The molecule has 0 fully saturated rings. The Labute approximate surface area is 146 Å². The lowest BCUT2D eigenvalue weighted by Gasteiger charge is -2.11. The van der Waals surface area contributed by atoms with Gasteiger partial charge in [-0.05, 0) is 56.7 Å². The minimum absolute atomic E-state index is 0.0748. The van der Waals surface area contributed by atoms with Crippen LogP contribution in [-0.4, -0.2) is 7.11 Å². The average Bonchev–Trinajstić information content (AvgIpc) is 2.60. The van der Waals surface area contributed by atoms with E-state index in [0.717, 1.165) is 11.1 Å². The second kappa shape index (κ2) is 6.85. The van der Waals surface area contributed by atoms with Crippen molar-refractivity contribution >= 4 is 16.7 Å². The second-order valence-electron chi connectivity index (χ2n) is 6.21. The van der Waals surface area contributed by atoms with E-state index < -0.39 is 0 Å². The number of nitrogen functional groups attached to an aromatic ring is 1. The Hall–Kier alpha value is -3.01. The fourth-order valence-electron chi connectivity index (χ4n) is 2.74. The van der Waals surface area contributed by atoms with E-state index in [0.29, 0.717) is 34.6 Å². The summed E-state index contributed by atoms with van der Waals surface area (Å²) in [4.78, 5) is 12.6. The molecule has 2 N–H and O–H groups in total. The van der Waals surface area contributed by atoms with Crippen LogP contribution in [0, 0.1) is 0 Å². The lowest BCUT2D eigenvalue weighted by Crippen LogP contribution is -2.03. The maximum atomic E-state index is 12.6. The van der Waals surface area contributed by atoms with Gasteiger partial charge >= 0.3 is 0 Å². The van der Waals surface area contributed by atoms with Crippen molar-refractivity contribution in [2.75, 3.05) is 12.8 Å². The maximum absolute atomic E-state index is 12.6. The zero-order valence-corrected chi connectivity index (χ0v) is 14.6. The Bertz CT molecular complexity index is 994. The van der Waals surface area contributed by atoms with Crippen LogP contribution in [0.15, 0.2) is 63.3 Å². The predicted molar refractivity (Wildman–Crippen MR) is 102 cm³/mol. The number of benzene rings is 2. The first-order valence-electron chi connectivity index (χ1n) is 8.12. The highest BCUT2D eigenvalue weighted by Gasteiger charge is 2.14. The van der Waals surface area contributed by atoms with Crippen LogP contribution < -0.4 is 15.9 Å². The summed E-state index contributed by atoms with van der Waals surface area (Å²) in [5, 5.41) is 0.553. The summed E-state index contributed by atoms with van der Waals surface area (Å²) < 4.78 is 11.6. The summed E-state index contributed by atoms with van der Waals surface area (Å²) in [6, 6.07) is 12.3. The fraction of sp³-hybridized carbons (Fsp3) is 0.190. The molecule has 0 radical (unpaired) electrons. The van der Waals surface area contributed by atoms with Crippen LogP contribution in [0.2, 0.25) is 0 Å². The number of methoxy groups -OCH3 is 1. The Kier molecular flexibility index (Phi) is 4.61. The number of hydrogen-bond acceptors (Lipinski definition) is 4. The van der Waals surface area contributed by atoms with Gasteiger partial charge in [0, 0.05) is 22.9 Å². The van der Waals surface area contributed by atoms with Gasteiger partial charge in [-0.2, -0.15) is 0 Å². The number of rotatable bonds is 4. The smallest absolute Gasteiger partial charge is 0.193 e. The van der Waals surface area contributed by atoms with E-state index in [2.05, 4.69) is 6.08 Å². The first kappa shape index (κ1) is 16.8. The number of nitrogens with two attached hydrogens (primary N) is 1. The summed E-state index contributed by atoms with van der Waals surface area (Å²) in [5.74, 6) is 1.23. The lowest BCUT2D eigenvalue weighted by atomic mass is 10.0. The number of hydrogen-bond donors (Lipinski definition) is 1. The van der Waals surface area contributed by atoms with E-state index in [4.69, 9.17) is 14.9 Å². The van der Waals surface area contributed by atoms with Gasteiger partial charge < -0.3 is 14.9 Å². The molecule has 0 spiro atoms. The van der Waals surface area contributed by atoms with Crippen LogP contribution in [0.3, 0.4) is 0 Å². The quantitative estimate of drug-likeness (QED) is 0.561. The molecule has 0 aliphatic rings. The number of fused-ring (bicyclic) bond motifs is 1. The van der Waals surface area contributed by atoms with Gasteiger partial charge in [-0.15, -0.1) is 0 Å². The molecule has 1 heterocycles. The number of ether oxygens (including phenoxy) is 1. The van der Waals surface area contributed by atoms with Gasteiger partial charge in [0.15, 0.2) is 5.43 Å². The molecule has 4 heteroatoms. The van der Waals surface area contributed by atoms with Gasteiger partial charge in [0.2, 0.25) is 0 Å². The molecule has 0 saturated heterocycles. The number of allylic oxidation sites excluding steroid dienone is 2. The molecular weight excluding hydrogens is 314 g/mol. The van der Waals surface area contributed by atoms with Gasteiger partial charge in [0.25, 0.3) is 0 Å². The Morgan fingerprint density at radius 1 is 1.16 bits per heavy atom. The standard InChI is InChI=1S/C21H21NO3/c1-13(2)4-9-17-19(24-3)11-10-16-18(23)12-20(25-21(16)17)14-5-7-15(22)8-6-14/h4-8,10-12H,9,22H2,1-3H3. The molecule has 0 aliphatic heterocycles. The Morgan fingerprint density at radius 2 is 1.88 bits per heavy atom. The molecule has 0 aliphatic carbocycles. The molecule has 0 unspecified atom stereocenters. The molecule has 4 nitrogen and oxygen atoms in total. The third-order valence-corrected chi connectivity index (χ3v) is 4.09. The van der Waals surface area contributed by atoms with Gasteiger partial charge in [-0.25, -0.2) is 0 Å². The summed E-state index contributed by atoms with van der Waals surface area (Å²) >= 11 is 0. The zero-order chi connectivity index (χ0) is 18.0. The fourth-order valence-corrected chi connectivity index (χ4v) is 2.74. The van der Waals surface area contributed by atoms with Crippen LogP contribution >= 0.6 is 0 Å². The van der Waals surface area contributed by atoms with Crippen molar-refractivity contribution < 1.29 is 9.15 Å². The summed E-state index contributed by atoms with van der Waals surface area (Å²) in [6.07, 6.45) is 2.73. The van der Waals surface area contributed by atoms with E-state index in [1.807, 2.05) is 32.0 Å². The molecule has 1 aromatic heterocycles. The normalized spacial score (nSPS) is 10.7. The molecule has 0 bridgehead atoms. The minimum Gasteiger partial charge on any atom is -0.496 e. The van der Waals surface area contributed by atoms with E-state index in [1.165, 1.54) is 11.6 Å². The Morgan fingerprint density at radius 3 is 2.52 bits per heavy atom. The van der Waals surface area contributed by atoms with Crippen molar-refractivity contribution in [3.63, 3.8) is 0 Å². The molecule has 3 aromatic rings. The van der Waals surface area contributed by atoms with Crippen molar-refractivity contribution in [2.24, 2.45) is 0 Å². The molecule has 25 heavy (non-hydrogen) atoms. The lowest BCUT2D eigenvalue weighted by molar-refractivity contribution is 0.410. The van der Waals surface area contributed by atoms with Crippen LogP contribution in [0.25, 0.3) is 22.3 Å². The molecule has 0 saturated carbocycles. The van der Waals surface area contributed by atoms with Crippen molar-refractivity contribution in [3.05, 3.63) is 69.9 Å². The highest BCUT2D eigenvalue weighted by Crippen LogP contribution is 2.31. The van der Waals surface area contributed by atoms with Crippen LogP contribution in [0.1, 0.15) is 19.4 Å². The first-order chi connectivity index (χ1) is 12.0. The zero-order valence-electron chi connectivity index (χ0n) is 14.6. The monoisotopic (exact) mass is 335 g/mol. The van der Waals surface area contributed by atoms with E-state index in [-0.39, 0.29) is 5.43 Å². The molecule has 0 atom stereocenters. The highest BCUT2D eigenvalue weighted by molar-refractivity contribution is 5.84. The van der Waals surface area contributed by atoms with Crippen molar-refractivity contribution in [1.29, 1.82) is 0 Å². The molecule has 0 amide bonds. The van der Waals surface area contributed by atoms with Crippen LogP contribution in [0.5, 0.6) is 5.75 Å². The van der Waals surface area contributed by atoms with E-state index in [1.54, 1.807) is 25.3 Å². The molecule has 128 valence electrons.